The highest BCUT2D eigenvalue weighted by Crippen LogP contribution is 2.36. The van der Waals surface area contributed by atoms with Gasteiger partial charge in [0.05, 0.1) is 0 Å². The lowest BCUT2D eigenvalue weighted by atomic mass is 10.1. The van der Waals surface area contributed by atoms with Crippen molar-refractivity contribution < 1.29 is 5.11 Å². The Labute approximate surface area is 115 Å². The van der Waals surface area contributed by atoms with Gasteiger partial charge in [-0.1, -0.05) is 29.8 Å². The van der Waals surface area contributed by atoms with Gasteiger partial charge in [-0.3, -0.25) is 4.90 Å². The second-order valence-corrected chi connectivity index (χ2v) is 5.50. The highest BCUT2D eigenvalue weighted by atomic mass is 35.5. The Morgan fingerprint density at radius 3 is 2.67 bits per heavy atom. The molecular weight excluding hydrogens is 246 g/mol. The number of benzene rings is 1. The van der Waals surface area contributed by atoms with Crippen LogP contribution in [0.3, 0.4) is 0 Å². The molecule has 3 heteroatoms. The zero-order chi connectivity index (χ0) is 13.0. The highest BCUT2D eigenvalue weighted by Gasteiger charge is 2.32. The summed E-state index contributed by atoms with van der Waals surface area (Å²) in [6, 6.07) is 9.20. The van der Waals surface area contributed by atoms with Crippen LogP contribution in [0.15, 0.2) is 24.3 Å². The van der Waals surface area contributed by atoms with E-state index in [1.807, 2.05) is 12.1 Å². The van der Waals surface area contributed by atoms with Crippen LogP contribution < -0.4 is 0 Å². The van der Waals surface area contributed by atoms with Crippen LogP contribution in [0.25, 0.3) is 0 Å². The normalized spacial score (nSPS) is 17.1. The van der Waals surface area contributed by atoms with E-state index in [2.05, 4.69) is 24.0 Å². The number of hydrogen-bond acceptors (Lipinski definition) is 2. The van der Waals surface area contributed by atoms with Crippen molar-refractivity contribution in [3.05, 3.63) is 34.9 Å². The summed E-state index contributed by atoms with van der Waals surface area (Å²) in [5.41, 5.74) is 1.22. The van der Waals surface area contributed by atoms with E-state index in [4.69, 9.17) is 16.7 Å². The average Bonchev–Trinajstić information content (AvgIpc) is 3.19. The van der Waals surface area contributed by atoms with Crippen LogP contribution in [-0.2, 0) is 0 Å². The predicted molar refractivity (Wildman–Crippen MR) is 75.9 cm³/mol. The minimum absolute atomic E-state index is 0.291. The smallest absolute Gasteiger partial charge is 0.0453 e. The maximum Gasteiger partial charge on any atom is 0.0453 e. The number of nitrogens with zero attached hydrogens (tertiary/aromatic N) is 1. The quantitative estimate of drug-likeness (QED) is 0.763. The summed E-state index contributed by atoms with van der Waals surface area (Å²) in [6.45, 7) is 3.58. The number of rotatable bonds is 7. The zero-order valence-corrected chi connectivity index (χ0v) is 11.7. The molecule has 1 N–H and O–H groups in total. The van der Waals surface area contributed by atoms with Gasteiger partial charge in [0, 0.05) is 23.7 Å². The van der Waals surface area contributed by atoms with Gasteiger partial charge in [0.25, 0.3) is 0 Å². The first-order valence-corrected chi connectivity index (χ1v) is 7.23. The fraction of sp³-hybridized carbons (Fsp3) is 0.600. The fourth-order valence-corrected chi connectivity index (χ4v) is 2.79. The van der Waals surface area contributed by atoms with Gasteiger partial charge in [0.2, 0.25) is 0 Å². The molecule has 0 radical (unpaired) electrons. The molecule has 1 aliphatic carbocycles. The van der Waals surface area contributed by atoms with Crippen molar-refractivity contribution in [2.75, 3.05) is 13.2 Å². The van der Waals surface area contributed by atoms with Gasteiger partial charge < -0.3 is 5.11 Å². The summed E-state index contributed by atoms with van der Waals surface area (Å²) in [5, 5.41) is 9.75. The summed E-state index contributed by atoms with van der Waals surface area (Å²) < 4.78 is 0. The molecule has 0 saturated heterocycles. The summed E-state index contributed by atoms with van der Waals surface area (Å²) in [6.07, 6.45) is 4.54. The monoisotopic (exact) mass is 267 g/mol. The molecule has 1 fully saturated rings. The Bertz CT molecular complexity index is 379. The number of aliphatic hydroxyl groups excluding tert-OH is 1. The number of aliphatic hydroxyl groups is 1. The molecule has 0 amide bonds. The van der Waals surface area contributed by atoms with Gasteiger partial charge in [-0.2, -0.15) is 0 Å². The molecule has 1 aliphatic rings. The van der Waals surface area contributed by atoms with Crippen molar-refractivity contribution in [3.8, 4) is 0 Å². The fourth-order valence-electron chi connectivity index (χ4n) is 2.50. The van der Waals surface area contributed by atoms with Gasteiger partial charge in [-0.25, -0.2) is 0 Å². The minimum atomic E-state index is 0.291. The van der Waals surface area contributed by atoms with Crippen molar-refractivity contribution in [2.45, 2.75) is 44.7 Å². The molecule has 1 aromatic rings. The molecule has 0 bridgehead atoms. The van der Waals surface area contributed by atoms with Crippen LogP contribution in [-0.4, -0.2) is 29.2 Å². The molecule has 2 nitrogen and oxygen atoms in total. The third-order valence-corrected chi connectivity index (χ3v) is 4.04. The van der Waals surface area contributed by atoms with Gasteiger partial charge in [0.15, 0.2) is 0 Å². The van der Waals surface area contributed by atoms with Crippen LogP contribution in [0.4, 0.5) is 0 Å². The lowest BCUT2D eigenvalue weighted by Gasteiger charge is -2.30. The molecule has 18 heavy (non-hydrogen) atoms. The zero-order valence-electron chi connectivity index (χ0n) is 11.0. The first-order chi connectivity index (χ1) is 8.74. The van der Waals surface area contributed by atoms with E-state index in [0.29, 0.717) is 12.6 Å². The van der Waals surface area contributed by atoms with E-state index in [1.54, 1.807) is 0 Å². The number of unbranched alkanes of at least 4 members (excludes halogenated alkanes) is 1. The van der Waals surface area contributed by atoms with Gasteiger partial charge in [0.1, 0.15) is 0 Å². The van der Waals surface area contributed by atoms with Crippen LogP contribution in [0.5, 0.6) is 0 Å². The first kappa shape index (κ1) is 13.9. The van der Waals surface area contributed by atoms with E-state index >= 15 is 0 Å². The van der Waals surface area contributed by atoms with E-state index in [1.165, 1.54) is 18.4 Å². The number of hydrogen-bond donors (Lipinski definition) is 1. The van der Waals surface area contributed by atoms with Crippen molar-refractivity contribution in [2.24, 2.45) is 0 Å². The second kappa shape index (κ2) is 6.55. The van der Waals surface area contributed by atoms with Crippen LogP contribution in [0.2, 0.25) is 5.02 Å². The lowest BCUT2D eigenvalue weighted by Crippen LogP contribution is -2.30. The van der Waals surface area contributed by atoms with Crippen molar-refractivity contribution in [3.63, 3.8) is 0 Å². The van der Waals surface area contributed by atoms with Crippen LogP contribution in [0.1, 0.15) is 44.2 Å². The Hall–Kier alpha value is -0.570. The van der Waals surface area contributed by atoms with E-state index in [0.717, 1.165) is 30.5 Å². The second-order valence-electron chi connectivity index (χ2n) is 5.10. The molecule has 2 rings (SSSR count). The molecular formula is C15H22ClNO. The summed E-state index contributed by atoms with van der Waals surface area (Å²) in [4.78, 5) is 2.54. The lowest BCUT2D eigenvalue weighted by molar-refractivity contribution is 0.187. The SMILES string of the molecule is CC(c1ccccc1Cl)N(CCCCO)C1CC1. The number of halogens is 1. The molecule has 0 heterocycles. The largest absolute Gasteiger partial charge is 0.396 e. The van der Waals surface area contributed by atoms with Crippen molar-refractivity contribution in [1.29, 1.82) is 0 Å². The molecule has 100 valence electrons. The van der Waals surface area contributed by atoms with Crippen molar-refractivity contribution in [1.82, 2.24) is 4.90 Å². The van der Waals surface area contributed by atoms with Gasteiger partial charge in [-0.05, 0) is 50.8 Å². The molecule has 1 atom stereocenters. The van der Waals surface area contributed by atoms with Gasteiger partial charge >= 0.3 is 0 Å². The Morgan fingerprint density at radius 1 is 1.33 bits per heavy atom. The maximum atomic E-state index is 8.89. The Morgan fingerprint density at radius 2 is 2.06 bits per heavy atom. The summed E-state index contributed by atoms with van der Waals surface area (Å²) in [7, 11) is 0. The standard InChI is InChI=1S/C15H22ClNO/c1-12(14-6-2-3-7-15(14)16)17(13-8-9-13)10-4-5-11-18/h2-3,6-7,12-13,18H,4-5,8-11H2,1H3. The molecule has 0 aromatic heterocycles. The van der Waals surface area contributed by atoms with E-state index in [9.17, 15) is 0 Å². The first-order valence-electron chi connectivity index (χ1n) is 6.85. The van der Waals surface area contributed by atoms with Crippen LogP contribution >= 0.6 is 11.6 Å². The topological polar surface area (TPSA) is 23.5 Å². The molecule has 0 aliphatic heterocycles. The van der Waals surface area contributed by atoms with Crippen LogP contribution in [0, 0.1) is 0 Å². The van der Waals surface area contributed by atoms with E-state index in [-0.39, 0.29) is 0 Å². The average molecular weight is 268 g/mol. The molecule has 1 unspecified atom stereocenters. The molecule has 1 aromatic carbocycles. The third kappa shape index (κ3) is 3.47. The minimum Gasteiger partial charge on any atom is -0.396 e. The molecule has 0 spiro atoms. The van der Waals surface area contributed by atoms with Crippen molar-refractivity contribution >= 4 is 11.6 Å². The summed E-state index contributed by atoms with van der Waals surface area (Å²) in [5.74, 6) is 0. The summed E-state index contributed by atoms with van der Waals surface area (Å²) >= 11 is 6.28. The maximum absolute atomic E-state index is 8.89. The van der Waals surface area contributed by atoms with E-state index < -0.39 is 0 Å². The van der Waals surface area contributed by atoms with Gasteiger partial charge in [-0.15, -0.1) is 0 Å². The highest BCUT2D eigenvalue weighted by molar-refractivity contribution is 6.31. The predicted octanol–water partition coefficient (Wildman–Crippen LogP) is 3.64. The Kier molecular flexibility index (Phi) is 5.04. The molecule has 1 saturated carbocycles. The third-order valence-electron chi connectivity index (χ3n) is 3.69. The Balaban J connectivity index is 2.03.